The normalized spacial score (nSPS) is 18.6. The molecule has 0 aromatic heterocycles. The lowest BCUT2D eigenvalue weighted by Crippen LogP contribution is -2.75. The van der Waals surface area contributed by atoms with Crippen LogP contribution in [0.25, 0.3) is 0 Å². The number of esters is 1. The summed E-state index contributed by atoms with van der Waals surface area (Å²) in [5.74, 6) is -4.18. The van der Waals surface area contributed by atoms with Crippen LogP contribution in [0.4, 0.5) is 20.2 Å². The number of nitrogens with zero attached hydrogens (tertiary/aromatic N) is 1. The van der Waals surface area contributed by atoms with Crippen LogP contribution in [0.2, 0.25) is 0 Å². The van der Waals surface area contributed by atoms with Gasteiger partial charge in [0.15, 0.2) is 17.7 Å². The quantitative estimate of drug-likeness (QED) is 0.443. The van der Waals surface area contributed by atoms with E-state index in [1.54, 1.807) is 49.4 Å². The van der Waals surface area contributed by atoms with Gasteiger partial charge in [0.25, 0.3) is 0 Å². The molecular formula is C25H17F2N2O4+. The second-order valence-electron chi connectivity index (χ2n) is 7.63. The smallest absolute Gasteiger partial charge is 0.343 e. The van der Waals surface area contributed by atoms with Crippen molar-refractivity contribution in [1.29, 1.82) is 0 Å². The van der Waals surface area contributed by atoms with E-state index in [0.717, 1.165) is 6.08 Å². The molecule has 1 N–H and O–H groups in total. The first kappa shape index (κ1) is 20.7. The maximum absolute atomic E-state index is 14.8. The molecule has 33 heavy (non-hydrogen) atoms. The Balaban J connectivity index is 1.67. The van der Waals surface area contributed by atoms with Crippen molar-refractivity contribution in [2.24, 2.45) is 0 Å². The van der Waals surface area contributed by atoms with Crippen molar-refractivity contribution in [3.63, 3.8) is 0 Å². The second kappa shape index (κ2) is 7.74. The zero-order valence-corrected chi connectivity index (χ0v) is 17.4. The van der Waals surface area contributed by atoms with Gasteiger partial charge >= 0.3 is 5.97 Å². The molecule has 0 bridgehead atoms. The van der Waals surface area contributed by atoms with Gasteiger partial charge in [0, 0.05) is 29.0 Å². The number of carbonyl (C=O) groups excluding carboxylic acids is 3. The van der Waals surface area contributed by atoms with Crippen LogP contribution in [0.15, 0.2) is 83.6 Å². The van der Waals surface area contributed by atoms with Gasteiger partial charge in [-0.25, -0.2) is 14.2 Å². The Morgan fingerprint density at radius 2 is 1.85 bits per heavy atom. The highest BCUT2D eigenvalue weighted by molar-refractivity contribution is 6.29. The Bertz CT molecular complexity index is 1360. The molecule has 1 unspecified atom stereocenters. The molecule has 0 radical (unpaired) electrons. The topological polar surface area (TPSA) is 77.7 Å². The van der Waals surface area contributed by atoms with Crippen molar-refractivity contribution in [3.8, 4) is 0 Å². The summed E-state index contributed by atoms with van der Waals surface area (Å²) in [6, 6.07) is 12.4. The molecule has 2 aromatic carbocycles. The van der Waals surface area contributed by atoms with E-state index in [2.05, 4.69) is 4.99 Å². The molecule has 5 rings (SSSR count). The van der Waals surface area contributed by atoms with E-state index >= 15 is 0 Å². The van der Waals surface area contributed by atoms with Crippen LogP contribution < -0.4 is 9.89 Å². The number of halogens is 2. The number of benzene rings is 2. The molecule has 164 valence electrons. The molecule has 1 aliphatic carbocycles. The fraction of sp³-hybridized carbons (Fsp3) is 0.120. The minimum atomic E-state index is -1.22. The summed E-state index contributed by atoms with van der Waals surface area (Å²) in [5.41, 5.74) is 1.10. The highest BCUT2D eigenvalue weighted by atomic mass is 19.2. The Morgan fingerprint density at radius 3 is 2.58 bits per heavy atom. The lowest BCUT2D eigenvalue weighted by molar-refractivity contribution is -0.357. The molecule has 2 heterocycles. The van der Waals surface area contributed by atoms with E-state index in [4.69, 9.17) is 4.74 Å². The van der Waals surface area contributed by atoms with E-state index in [9.17, 15) is 23.2 Å². The predicted octanol–water partition coefficient (Wildman–Crippen LogP) is 2.38. The van der Waals surface area contributed by atoms with Gasteiger partial charge < -0.3 is 9.64 Å². The van der Waals surface area contributed by atoms with E-state index < -0.39 is 29.4 Å². The molecule has 2 aromatic rings. The second-order valence-corrected chi connectivity index (χ2v) is 7.63. The predicted molar refractivity (Wildman–Crippen MR) is 115 cm³/mol. The molecule has 0 saturated heterocycles. The van der Waals surface area contributed by atoms with Crippen LogP contribution in [0.5, 0.6) is 0 Å². The molecule has 0 spiro atoms. The zero-order valence-electron chi connectivity index (χ0n) is 17.4. The Kier molecular flexibility index (Phi) is 4.85. The van der Waals surface area contributed by atoms with Gasteiger partial charge in [0.2, 0.25) is 23.0 Å². The van der Waals surface area contributed by atoms with Crippen LogP contribution in [0.3, 0.4) is 0 Å². The minimum absolute atomic E-state index is 0.0509. The lowest BCUT2D eigenvalue weighted by atomic mass is 9.84. The van der Waals surface area contributed by atoms with Crippen molar-refractivity contribution in [2.75, 3.05) is 11.5 Å². The Hall–Kier alpha value is -4.20. The summed E-state index contributed by atoms with van der Waals surface area (Å²) in [6.07, 6.45) is 2.10. The first-order valence-corrected chi connectivity index (χ1v) is 10.3. The van der Waals surface area contributed by atoms with Gasteiger partial charge in [-0.05, 0) is 25.1 Å². The number of carbonyl (C=O) groups is 3. The number of hydrogen-bond donors (Lipinski definition) is 1. The first-order valence-electron chi connectivity index (χ1n) is 10.3. The maximum atomic E-state index is 14.8. The van der Waals surface area contributed by atoms with Gasteiger partial charge in [-0.2, -0.15) is 4.39 Å². The highest BCUT2D eigenvalue weighted by Crippen LogP contribution is 2.39. The monoisotopic (exact) mass is 447 g/mol. The van der Waals surface area contributed by atoms with Crippen LogP contribution in [-0.2, 0) is 14.3 Å². The van der Waals surface area contributed by atoms with Gasteiger partial charge in [0.05, 0.1) is 6.61 Å². The lowest BCUT2D eigenvalue weighted by Gasteiger charge is -2.37. The molecule has 2 aliphatic heterocycles. The van der Waals surface area contributed by atoms with E-state index in [1.165, 1.54) is 17.2 Å². The molecule has 3 aliphatic rings. The molecule has 0 saturated carbocycles. The molecule has 0 amide bonds. The Labute approximate surface area is 187 Å². The van der Waals surface area contributed by atoms with Crippen molar-refractivity contribution >= 4 is 34.6 Å². The molecule has 1 atom stereocenters. The largest absolute Gasteiger partial charge is 0.462 e. The summed E-state index contributed by atoms with van der Waals surface area (Å²) >= 11 is 0. The van der Waals surface area contributed by atoms with Gasteiger partial charge in [0.1, 0.15) is 11.3 Å². The third-order valence-corrected chi connectivity index (χ3v) is 5.69. The molecule has 8 heteroatoms. The third-order valence-electron chi connectivity index (χ3n) is 5.69. The summed E-state index contributed by atoms with van der Waals surface area (Å²) in [6.45, 7) is 1.65. The van der Waals surface area contributed by atoms with Crippen molar-refractivity contribution in [2.45, 2.75) is 13.0 Å². The summed E-state index contributed by atoms with van der Waals surface area (Å²) in [5, 5.41) is 0. The Morgan fingerprint density at radius 1 is 1.09 bits per heavy atom. The van der Waals surface area contributed by atoms with Crippen molar-refractivity contribution < 1.29 is 32.9 Å². The van der Waals surface area contributed by atoms with Crippen LogP contribution in [-0.4, -0.2) is 35.9 Å². The van der Waals surface area contributed by atoms with E-state index in [1.807, 2.05) is 0 Å². The highest BCUT2D eigenvalue weighted by Gasteiger charge is 2.49. The number of Topliss-reactive ketones (excluding diaryl/α,β-unsaturated/α-hetero) is 1. The summed E-state index contributed by atoms with van der Waals surface area (Å²) in [7, 11) is 0. The average molecular weight is 447 g/mol. The number of allylic oxidation sites excluding steroid dienone is 2. The van der Waals surface area contributed by atoms with Crippen molar-refractivity contribution in [1.82, 2.24) is 0 Å². The minimum Gasteiger partial charge on any atom is -0.462 e. The van der Waals surface area contributed by atoms with Crippen LogP contribution in [0.1, 0.15) is 22.8 Å². The van der Waals surface area contributed by atoms with Crippen molar-refractivity contribution in [3.05, 3.63) is 94.7 Å². The van der Waals surface area contributed by atoms with Gasteiger partial charge in [-0.3, -0.25) is 9.59 Å². The summed E-state index contributed by atoms with van der Waals surface area (Å²) < 4.78 is 34.2. The maximum Gasteiger partial charge on any atom is 0.343 e. The SMILES string of the molecule is CCOC(=O)C1=CN2c3ccc(C(=O)c4ccccc4)cc3[NH+]=C3C(F)=C(F)C=C(C1=O)C32. The fourth-order valence-electron chi connectivity index (χ4n) is 4.18. The van der Waals surface area contributed by atoms with E-state index in [0.29, 0.717) is 22.5 Å². The number of ketones is 2. The zero-order chi connectivity index (χ0) is 23.3. The first-order chi connectivity index (χ1) is 15.9. The number of anilines is 1. The van der Waals surface area contributed by atoms with Crippen LogP contribution in [0, 0.1) is 0 Å². The van der Waals surface area contributed by atoms with E-state index in [-0.39, 0.29) is 29.2 Å². The molecule has 0 fully saturated rings. The average Bonchev–Trinajstić information content (AvgIpc) is 2.83. The number of ether oxygens (including phenoxy) is 1. The van der Waals surface area contributed by atoms with Gasteiger partial charge in [-0.15, -0.1) is 0 Å². The molecular weight excluding hydrogens is 430 g/mol. The van der Waals surface area contributed by atoms with Gasteiger partial charge in [-0.1, -0.05) is 30.3 Å². The number of hydrogen-bond acceptors (Lipinski definition) is 5. The number of nitrogens with one attached hydrogen (secondary N) is 1. The number of fused-ring (bicyclic) bond motifs is 2. The fourth-order valence-corrected chi connectivity index (χ4v) is 4.18. The third kappa shape index (κ3) is 3.22. The standard InChI is InChI=1S/C25H16F2N2O4/c1-2-33-25(32)16-12-29-19-9-8-14(23(30)13-6-4-3-5-7-13)10-18(19)28-21-20(27)17(26)11-15(22(21)29)24(16)31/h3-12,22H,2H2,1H3/p+1. The van der Waals surface area contributed by atoms with Crippen LogP contribution >= 0.6 is 0 Å². The summed E-state index contributed by atoms with van der Waals surface area (Å²) in [4.78, 5) is 42.6. The molecule has 6 nitrogen and oxygen atoms in total. The number of rotatable bonds is 4.